The summed E-state index contributed by atoms with van der Waals surface area (Å²) in [5.74, 6) is 1.45. The van der Waals surface area contributed by atoms with E-state index >= 15 is 0 Å². The van der Waals surface area contributed by atoms with Gasteiger partial charge in [-0.2, -0.15) is 5.10 Å². The summed E-state index contributed by atoms with van der Waals surface area (Å²) < 4.78 is 11.7. The smallest absolute Gasteiger partial charge is 0.220 e. The lowest BCUT2D eigenvalue weighted by molar-refractivity contribution is -0.123. The molecule has 1 unspecified atom stereocenters. The number of aromatic amines is 1. The van der Waals surface area contributed by atoms with Gasteiger partial charge in [-0.1, -0.05) is 0 Å². The van der Waals surface area contributed by atoms with Gasteiger partial charge in [0.05, 0.1) is 11.7 Å². The van der Waals surface area contributed by atoms with Crippen LogP contribution in [0.1, 0.15) is 44.1 Å². The molecule has 2 heterocycles. The molecule has 2 aliphatic rings. The summed E-state index contributed by atoms with van der Waals surface area (Å²) in [6, 6.07) is 4.23. The molecule has 6 nitrogen and oxygen atoms in total. The van der Waals surface area contributed by atoms with Crippen LogP contribution in [-0.4, -0.2) is 41.5 Å². The van der Waals surface area contributed by atoms with Gasteiger partial charge in [-0.05, 0) is 50.7 Å². The molecule has 1 amide bonds. The van der Waals surface area contributed by atoms with Crippen LogP contribution in [0, 0.1) is 12.8 Å². The molecule has 2 N–H and O–H groups in total. The molecule has 2 aromatic rings. The minimum absolute atomic E-state index is 0.145. The van der Waals surface area contributed by atoms with E-state index in [0.717, 1.165) is 67.5 Å². The number of ether oxygens (including phenoxy) is 2. The Hall–Kier alpha value is -2.08. The quantitative estimate of drug-likeness (QED) is 0.862. The minimum atomic E-state index is 0.145. The third-order valence-corrected chi connectivity index (χ3v) is 5.63. The number of carbonyl (C=O) groups is 1. The van der Waals surface area contributed by atoms with Gasteiger partial charge in [0.1, 0.15) is 11.9 Å². The molecule has 1 aliphatic carbocycles. The highest BCUT2D eigenvalue weighted by Crippen LogP contribution is 2.30. The molecule has 1 saturated heterocycles. The first-order valence-corrected chi connectivity index (χ1v) is 9.65. The fraction of sp³-hybridized carbons (Fsp3) is 0.600. The number of fused-ring (bicyclic) bond motifs is 1. The van der Waals surface area contributed by atoms with E-state index < -0.39 is 0 Å². The summed E-state index contributed by atoms with van der Waals surface area (Å²) in [6.07, 6.45) is 7.58. The van der Waals surface area contributed by atoms with E-state index in [0.29, 0.717) is 12.3 Å². The van der Waals surface area contributed by atoms with Gasteiger partial charge in [-0.25, -0.2) is 0 Å². The predicted molar refractivity (Wildman–Crippen MR) is 99.2 cm³/mol. The Balaban J connectivity index is 1.34. The van der Waals surface area contributed by atoms with Crippen LogP contribution >= 0.6 is 0 Å². The first kappa shape index (κ1) is 17.3. The van der Waals surface area contributed by atoms with Crippen molar-refractivity contribution in [1.82, 2.24) is 15.5 Å². The zero-order valence-electron chi connectivity index (χ0n) is 15.3. The number of rotatable bonds is 5. The van der Waals surface area contributed by atoms with Gasteiger partial charge >= 0.3 is 0 Å². The molecular formula is C20H27N3O3. The van der Waals surface area contributed by atoms with Crippen molar-refractivity contribution in [3.63, 3.8) is 0 Å². The average Bonchev–Trinajstić information content (AvgIpc) is 3.29. The first-order chi connectivity index (χ1) is 12.7. The maximum atomic E-state index is 12.3. The largest absolute Gasteiger partial charge is 0.490 e. The van der Waals surface area contributed by atoms with Gasteiger partial charge in [-0.3, -0.25) is 9.89 Å². The second-order valence-electron chi connectivity index (χ2n) is 7.62. The monoisotopic (exact) mass is 357 g/mol. The summed E-state index contributed by atoms with van der Waals surface area (Å²) >= 11 is 0. The van der Waals surface area contributed by atoms with E-state index in [1.807, 2.05) is 18.3 Å². The van der Waals surface area contributed by atoms with Crippen LogP contribution in [0.15, 0.2) is 18.3 Å². The molecule has 0 radical (unpaired) electrons. The number of aryl methyl sites for hydroxylation is 1. The van der Waals surface area contributed by atoms with Crippen LogP contribution in [0.4, 0.5) is 0 Å². The van der Waals surface area contributed by atoms with Gasteiger partial charge in [0, 0.05) is 43.0 Å². The van der Waals surface area contributed by atoms with Crippen molar-refractivity contribution in [1.29, 1.82) is 0 Å². The van der Waals surface area contributed by atoms with Crippen LogP contribution in [0.5, 0.6) is 5.75 Å². The van der Waals surface area contributed by atoms with Gasteiger partial charge in [0.15, 0.2) is 0 Å². The number of benzene rings is 1. The molecule has 6 heteroatoms. The van der Waals surface area contributed by atoms with E-state index in [9.17, 15) is 4.79 Å². The number of nitrogens with one attached hydrogen (secondary N) is 2. The lowest BCUT2D eigenvalue weighted by atomic mass is 9.92. The van der Waals surface area contributed by atoms with E-state index in [1.54, 1.807) is 0 Å². The highest BCUT2D eigenvalue weighted by atomic mass is 16.5. The number of carbonyl (C=O) groups excluding carboxylic acids is 1. The standard InChI is InChI=1S/C20H27N3O3/c1-13-17-11-21-23-18(17)5-6-19(13)26-16-4-2-3-15(10-16)22-20(24)9-14-7-8-25-12-14/h5-6,11,14-16H,2-4,7-10,12H2,1H3,(H,21,23)(H,22,24)/t14?,15-,16+/m0/s1. The van der Waals surface area contributed by atoms with E-state index in [4.69, 9.17) is 9.47 Å². The van der Waals surface area contributed by atoms with Crippen molar-refractivity contribution in [3.05, 3.63) is 23.9 Å². The second-order valence-corrected chi connectivity index (χ2v) is 7.62. The SMILES string of the molecule is Cc1c(O[C@@H]2CCC[C@H](NC(=O)CC3CCOC3)C2)ccc2[nH]ncc12. The number of H-pyrrole nitrogens is 1. The average molecular weight is 357 g/mol. The molecule has 0 spiro atoms. The lowest BCUT2D eigenvalue weighted by Gasteiger charge is -2.31. The first-order valence-electron chi connectivity index (χ1n) is 9.65. The molecule has 3 atom stereocenters. The van der Waals surface area contributed by atoms with Crippen LogP contribution in [0.3, 0.4) is 0 Å². The Kier molecular flexibility index (Phi) is 5.11. The third kappa shape index (κ3) is 3.85. The molecule has 0 bridgehead atoms. The molecule has 1 aromatic carbocycles. The Morgan fingerprint density at radius 1 is 1.38 bits per heavy atom. The van der Waals surface area contributed by atoms with Crippen LogP contribution in [-0.2, 0) is 9.53 Å². The Labute approximate surface area is 153 Å². The molecular weight excluding hydrogens is 330 g/mol. The van der Waals surface area contributed by atoms with E-state index in [1.165, 1.54) is 0 Å². The summed E-state index contributed by atoms with van der Waals surface area (Å²) in [6.45, 7) is 3.58. The van der Waals surface area contributed by atoms with Gasteiger partial charge in [-0.15, -0.1) is 0 Å². The van der Waals surface area contributed by atoms with Crippen LogP contribution in [0.25, 0.3) is 10.9 Å². The van der Waals surface area contributed by atoms with Crippen molar-refractivity contribution in [2.24, 2.45) is 5.92 Å². The Bertz CT molecular complexity index is 767. The summed E-state index contributed by atoms with van der Waals surface area (Å²) in [5, 5.41) is 11.4. The second kappa shape index (κ2) is 7.66. The minimum Gasteiger partial charge on any atom is -0.490 e. The van der Waals surface area contributed by atoms with Gasteiger partial charge in [0.2, 0.25) is 5.91 Å². The molecule has 1 aliphatic heterocycles. The predicted octanol–water partition coefficient (Wildman–Crippen LogP) is 3.10. The molecule has 1 aromatic heterocycles. The summed E-state index contributed by atoms with van der Waals surface area (Å²) in [4.78, 5) is 12.3. The van der Waals surface area contributed by atoms with E-state index in [2.05, 4.69) is 22.4 Å². The molecule has 4 rings (SSSR count). The number of hydrogen-bond donors (Lipinski definition) is 2. The maximum Gasteiger partial charge on any atom is 0.220 e. The zero-order valence-corrected chi connectivity index (χ0v) is 15.3. The van der Waals surface area contributed by atoms with Crippen molar-refractivity contribution in [2.75, 3.05) is 13.2 Å². The molecule has 1 saturated carbocycles. The van der Waals surface area contributed by atoms with Gasteiger partial charge in [0.25, 0.3) is 0 Å². The highest BCUT2D eigenvalue weighted by Gasteiger charge is 2.26. The molecule has 140 valence electrons. The lowest BCUT2D eigenvalue weighted by Crippen LogP contribution is -2.41. The van der Waals surface area contributed by atoms with Crippen molar-refractivity contribution >= 4 is 16.8 Å². The number of amides is 1. The maximum absolute atomic E-state index is 12.3. The fourth-order valence-corrected chi connectivity index (χ4v) is 4.12. The zero-order chi connectivity index (χ0) is 17.9. The van der Waals surface area contributed by atoms with Crippen LogP contribution in [0.2, 0.25) is 0 Å². The number of hydrogen-bond acceptors (Lipinski definition) is 4. The number of nitrogens with zero attached hydrogens (tertiary/aromatic N) is 1. The van der Waals surface area contributed by atoms with Crippen LogP contribution < -0.4 is 10.1 Å². The fourth-order valence-electron chi connectivity index (χ4n) is 4.12. The van der Waals surface area contributed by atoms with Crippen molar-refractivity contribution in [3.8, 4) is 5.75 Å². The normalized spacial score (nSPS) is 26.1. The molecule has 2 fully saturated rings. The summed E-state index contributed by atoms with van der Waals surface area (Å²) in [5.41, 5.74) is 2.14. The summed E-state index contributed by atoms with van der Waals surface area (Å²) in [7, 11) is 0. The van der Waals surface area contributed by atoms with Crippen molar-refractivity contribution in [2.45, 2.75) is 57.6 Å². The Morgan fingerprint density at radius 3 is 3.15 bits per heavy atom. The third-order valence-electron chi connectivity index (χ3n) is 5.63. The van der Waals surface area contributed by atoms with Gasteiger partial charge < -0.3 is 14.8 Å². The van der Waals surface area contributed by atoms with Crippen molar-refractivity contribution < 1.29 is 14.3 Å². The molecule has 26 heavy (non-hydrogen) atoms. The topological polar surface area (TPSA) is 76.2 Å². The highest BCUT2D eigenvalue weighted by molar-refractivity contribution is 5.83. The van der Waals surface area contributed by atoms with E-state index in [-0.39, 0.29) is 18.1 Å². The Morgan fingerprint density at radius 2 is 2.31 bits per heavy atom. The number of aromatic nitrogens is 2.